The normalized spacial score (nSPS) is 10.6. The molecule has 3 aromatic carbocycles. The first-order valence-corrected chi connectivity index (χ1v) is 9.50. The van der Waals surface area contributed by atoms with E-state index >= 15 is 0 Å². The number of carbonyl (C=O) groups excluding carboxylic acids is 2. The van der Waals surface area contributed by atoms with Crippen molar-refractivity contribution in [2.45, 2.75) is 0 Å². The predicted octanol–water partition coefficient (Wildman–Crippen LogP) is 4.47. The lowest BCUT2D eigenvalue weighted by atomic mass is 10.1. The number of nitrogens with zero attached hydrogens (tertiary/aromatic N) is 1. The van der Waals surface area contributed by atoms with E-state index in [-0.39, 0.29) is 11.8 Å². The lowest BCUT2D eigenvalue weighted by molar-refractivity contribution is 0.0954. The monoisotopic (exact) mass is 451 g/mol. The van der Waals surface area contributed by atoms with E-state index < -0.39 is 0 Å². The Balaban J connectivity index is 1.61. The number of rotatable bonds is 6. The van der Waals surface area contributed by atoms with Crippen molar-refractivity contribution in [3.63, 3.8) is 0 Å². The number of nitrogens with one attached hydrogen (secondary N) is 2. The topological polar surface area (TPSA) is 79.8 Å². The van der Waals surface area contributed by atoms with Crippen LogP contribution in [0.15, 0.2) is 82.4 Å². The quantitative estimate of drug-likeness (QED) is 0.428. The Bertz CT molecular complexity index is 1050. The SMILES string of the molecule is COc1ccccc1C=NNC(=O)c1ccc(NC(=O)c2ccccc2Br)cc1. The third kappa shape index (κ3) is 5.30. The smallest absolute Gasteiger partial charge is 0.271 e. The van der Waals surface area contributed by atoms with Gasteiger partial charge in [0.2, 0.25) is 0 Å². The fourth-order valence-electron chi connectivity index (χ4n) is 2.55. The molecule has 6 nitrogen and oxygen atoms in total. The molecule has 3 aromatic rings. The third-order valence-electron chi connectivity index (χ3n) is 4.03. The first kappa shape index (κ1) is 20.3. The van der Waals surface area contributed by atoms with Crippen LogP contribution in [-0.2, 0) is 0 Å². The number of hydrogen-bond acceptors (Lipinski definition) is 4. The summed E-state index contributed by atoms with van der Waals surface area (Å²) in [5, 5.41) is 6.77. The van der Waals surface area contributed by atoms with Gasteiger partial charge >= 0.3 is 0 Å². The van der Waals surface area contributed by atoms with E-state index in [9.17, 15) is 9.59 Å². The Morgan fingerprint density at radius 2 is 1.62 bits per heavy atom. The lowest BCUT2D eigenvalue weighted by Crippen LogP contribution is -2.18. The van der Waals surface area contributed by atoms with Crippen molar-refractivity contribution < 1.29 is 14.3 Å². The van der Waals surface area contributed by atoms with Crippen LogP contribution in [0.25, 0.3) is 0 Å². The fraction of sp³-hybridized carbons (Fsp3) is 0.0455. The largest absolute Gasteiger partial charge is 0.496 e. The van der Waals surface area contributed by atoms with Crippen molar-refractivity contribution in [3.05, 3.63) is 94.0 Å². The average Bonchev–Trinajstić information content (AvgIpc) is 2.74. The Hall–Kier alpha value is -3.45. The van der Waals surface area contributed by atoms with Crippen molar-refractivity contribution in [2.24, 2.45) is 5.10 Å². The van der Waals surface area contributed by atoms with Gasteiger partial charge in [0.1, 0.15) is 5.75 Å². The van der Waals surface area contributed by atoms with Crippen LogP contribution in [-0.4, -0.2) is 25.1 Å². The molecule has 0 saturated carbocycles. The number of methoxy groups -OCH3 is 1. The summed E-state index contributed by atoms with van der Waals surface area (Å²) in [4.78, 5) is 24.6. The Labute approximate surface area is 176 Å². The van der Waals surface area contributed by atoms with Crippen LogP contribution in [0.3, 0.4) is 0 Å². The number of para-hydroxylation sites is 1. The van der Waals surface area contributed by atoms with Crippen LogP contribution in [0.4, 0.5) is 5.69 Å². The summed E-state index contributed by atoms with van der Waals surface area (Å²) in [6.45, 7) is 0. The van der Waals surface area contributed by atoms with Crippen molar-refractivity contribution in [2.75, 3.05) is 12.4 Å². The molecular formula is C22H18BrN3O3. The zero-order valence-electron chi connectivity index (χ0n) is 15.6. The molecule has 0 aliphatic rings. The van der Waals surface area contributed by atoms with Gasteiger partial charge in [0.05, 0.1) is 18.9 Å². The van der Waals surface area contributed by atoms with E-state index in [4.69, 9.17) is 4.74 Å². The zero-order chi connectivity index (χ0) is 20.6. The second kappa shape index (κ2) is 9.66. The molecule has 0 aromatic heterocycles. The molecule has 3 rings (SSSR count). The number of carbonyl (C=O) groups is 2. The maximum atomic E-state index is 12.3. The van der Waals surface area contributed by atoms with Crippen LogP contribution in [0, 0.1) is 0 Å². The maximum absolute atomic E-state index is 12.3. The number of amides is 2. The lowest BCUT2D eigenvalue weighted by Gasteiger charge is -2.07. The highest BCUT2D eigenvalue weighted by atomic mass is 79.9. The van der Waals surface area contributed by atoms with E-state index in [1.54, 1.807) is 49.6 Å². The first-order chi connectivity index (χ1) is 14.1. The molecular weight excluding hydrogens is 434 g/mol. The molecule has 0 unspecified atom stereocenters. The van der Waals surface area contributed by atoms with Crippen molar-refractivity contribution in [1.29, 1.82) is 0 Å². The van der Waals surface area contributed by atoms with E-state index in [1.165, 1.54) is 6.21 Å². The third-order valence-corrected chi connectivity index (χ3v) is 4.72. The molecule has 0 saturated heterocycles. The van der Waals surface area contributed by atoms with Gasteiger partial charge in [-0.3, -0.25) is 9.59 Å². The summed E-state index contributed by atoms with van der Waals surface area (Å²) >= 11 is 3.36. The number of hydrazone groups is 1. The highest BCUT2D eigenvalue weighted by Crippen LogP contribution is 2.18. The Morgan fingerprint density at radius 1 is 0.931 bits per heavy atom. The molecule has 0 spiro atoms. The highest BCUT2D eigenvalue weighted by Gasteiger charge is 2.10. The van der Waals surface area contributed by atoms with Gasteiger partial charge < -0.3 is 10.1 Å². The number of hydrogen-bond donors (Lipinski definition) is 2. The van der Waals surface area contributed by atoms with Gasteiger partial charge in [0.25, 0.3) is 11.8 Å². The zero-order valence-corrected chi connectivity index (χ0v) is 17.1. The van der Waals surface area contributed by atoms with Crippen LogP contribution in [0.2, 0.25) is 0 Å². The fourth-order valence-corrected chi connectivity index (χ4v) is 3.01. The number of ether oxygens (including phenoxy) is 1. The van der Waals surface area contributed by atoms with E-state index in [1.807, 2.05) is 30.3 Å². The molecule has 0 atom stereocenters. The van der Waals surface area contributed by atoms with Gasteiger partial charge in [-0.15, -0.1) is 0 Å². The van der Waals surface area contributed by atoms with E-state index in [2.05, 4.69) is 31.8 Å². The van der Waals surface area contributed by atoms with E-state index in [0.29, 0.717) is 27.0 Å². The van der Waals surface area contributed by atoms with Gasteiger partial charge in [0, 0.05) is 21.3 Å². The van der Waals surface area contributed by atoms with Crippen LogP contribution in [0.1, 0.15) is 26.3 Å². The second-order valence-corrected chi connectivity index (χ2v) is 6.81. The minimum atomic E-state index is -0.361. The maximum Gasteiger partial charge on any atom is 0.271 e. The molecule has 0 aliphatic heterocycles. The molecule has 0 aliphatic carbocycles. The molecule has 2 amide bonds. The molecule has 0 bridgehead atoms. The number of benzene rings is 3. The molecule has 0 fully saturated rings. The summed E-state index contributed by atoms with van der Waals surface area (Å²) in [6.07, 6.45) is 1.52. The van der Waals surface area contributed by atoms with Crippen molar-refractivity contribution in [1.82, 2.24) is 5.43 Å². The average molecular weight is 452 g/mol. The van der Waals surface area contributed by atoms with Gasteiger partial charge in [-0.1, -0.05) is 24.3 Å². The van der Waals surface area contributed by atoms with Crippen molar-refractivity contribution in [3.8, 4) is 5.75 Å². The van der Waals surface area contributed by atoms with Gasteiger partial charge in [-0.25, -0.2) is 5.43 Å². The van der Waals surface area contributed by atoms with Gasteiger partial charge in [0.15, 0.2) is 0 Å². The van der Waals surface area contributed by atoms with Crippen molar-refractivity contribution >= 4 is 39.6 Å². The molecule has 0 heterocycles. The van der Waals surface area contributed by atoms with Gasteiger partial charge in [-0.2, -0.15) is 5.10 Å². The summed E-state index contributed by atoms with van der Waals surface area (Å²) in [6, 6.07) is 21.0. The summed E-state index contributed by atoms with van der Waals surface area (Å²) in [5.41, 5.74) is 4.75. The predicted molar refractivity (Wildman–Crippen MR) is 117 cm³/mol. The molecule has 7 heteroatoms. The highest BCUT2D eigenvalue weighted by molar-refractivity contribution is 9.10. The molecule has 29 heavy (non-hydrogen) atoms. The van der Waals surface area contributed by atoms with Crippen LogP contribution in [0.5, 0.6) is 5.75 Å². The summed E-state index contributed by atoms with van der Waals surface area (Å²) in [5.74, 6) is 0.0616. The number of halogens is 1. The molecule has 0 radical (unpaired) electrons. The Morgan fingerprint density at radius 3 is 2.34 bits per heavy atom. The Kier molecular flexibility index (Phi) is 6.76. The van der Waals surface area contributed by atoms with Gasteiger partial charge in [-0.05, 0) is 64.5 Å². The first-order valence-electron chi connectivity index (χ1n) is 8.71. The summed E-state index contributed by atoms with van der Waals surface area (Å²) < 4.78 is 5.94. The summed E-state index contributed by atoms with van der Waals surface area (Å²) in [7, 11) is 1.57. The van der Waals surface area contributed by atoms with E-state index in [0.717, 1.165) is 5.56 Å². The van der Waals surface area contributed by atoms with Crippen LogP contribution < -0.4 is 15.5 Å². The minimum Gasteiger partial charge on any atom is -0.496 e. The minimum absolute atomic E-state index is 0.240. The standard InChI is InChI=1S/C22H18BrN3O3/c1-29-20-9-5-2-6-16(20)14-24-26-21(27)15-10-12-17(13-11-15)25-22(28)18-7-3-4-8-19(18)23/h2-14H,1H3,(H,25,28)(H,26,27). The molecule has 2 N–H and O–H groups in total. The second-order valence-electron chi connectivity index (χ2n) is 5.95. The van der Waals surface area contributed by atoms with Crippen LogP contribution >= 0.6 is 15.9 Å². The number of anilines is 1. The molecule has 146 valence electrons.